The van der Waals surface area contributed by atoms with Gasteiger partial charge >= 0.3 is 0 Å². The van der Waals surface area contributed by atoms with Crippen LogP contribution in [0.25, 0.3) is 10.9 Å². The second-order valence-electron chi connectivity index (χ2n) is 6.36. The molecule has 0 saturated carbocycles. The second-order valence-corrected chi connectivity index (χ2v) is 7.24. The maximum absolute atomic E-state index is 12.6. The van der Waals surface area contributed by atoms with Gasteiger partial charge in [-0.2, -0.15) is 0 Å². The summed E-state index contributed by atoms with van der Waals surface area (Å²) in [6.45, 7) is 0.727. The van der Waals surface area contributed by atoms with Crippen molar-refractivity contribution in [3.8, 4) is 0 Å². The average molecular weight is 365 g/mol. The Kier molecular flexibility index (Phi) is 4.51. The highest BCUT2D eigenvalue weighted by Gasteiger charge is 2.16. The molecule has 1 aliphatic heterocycles. The number of hydrogen-bond acceptors (Lipinski definition) is 4. The Morgan fingerprint density at radius 3 is 2.92 bits per heavy atom. The first-order valence-corrected chi connectivity index (χ1v) is 9.87. The molecule has 0 radical (unpaired) electrons. The van der Waals surface area contributed by atoms with E-state index >= 15 is 0 Å². The molecule has 1 aliphatic rings. The fourth-order valence-electron chi connectivity index (χ4n) is 3.29. The maximum atomic E-state index is 12.6. The van der Waals surface area contributed by atoms with Gasteiger partial charge in [-0.15, -0.1) is 11.8 Å². The van der Waals surface area contributed by atoms with Crippen LogP contribution in [0.4, 0.5) is 5.69 Å². The summed E-state index contributed by atoms with van der Waals surface area (Å²) in [5, 5.41) is 3.48. The number of aryl methyl sites for hydroxylation is 1. The van der Waals surface area contributed by atoms with Gasteiger partial charge < -0.3 is 5.32 Å². The van der Waals surface area contributed by atoms with Gasteiger partial charge in [0.05, 0.1) is 10.9 Å². The molecule has 6 heteroatoms. The lowest BCUT2D eigenvalue weighted by molar-refractivity contribution is 0.102. The smallest absolute Gasteiger partial charge is 0.261 e. The van der Waals surface area contributed by atoms with Crippen molar-refractivity contribution in [1.82, 2.24) is 9.55 Å². The van der Waals surface area contributed by atoms with Crippen LogP contribution in [0.1, 0.15) is 29.0 Å². The summed E-state index contributed by atoms with van der Waals surface area (Å²) in [6.07, 6.45) is 4.86. The van der Waals surface area contributed by atoms with Crippen molar-refractivity contribution in [2.75, 3.05) is 11.6 Å². The van der Waals surface area contributed by atoms with E-state index in [0.717, 1.165) is 42.2 Å². The van der Waals surface area contributed by atoms with Crippen LogP contribution in [0.15, 0.2) is 52.2 Å². The Morgan fingerprint density at radius 2 is 2.08 bits per heavy atom. The molecule has 0 unspecified atom stereocenters. The normalized spacial score (nSPS) is 13.4. The van der Waals surface area contributed by atoms with Gasteiger partial charge in [0.15, 0.2) is 0 Å². The number of hydrogen-bond donors (Lipinski definition) is 1. The van der Waals surface area contributed by atoms with Crippen molar-refractivity contribution in [3.63, 3.8) is 0 Å². The number of nitrogens with one attached hydrogen (secondary N) is 1. The maximum Gasteiger partial charge on any atom is 0.261 e. The molecule has 0 aliphatic carbocycles. The van der Waals surface area contributed by atoms with Crippen molar-refractivity contribution in [2.45, 2.75) is 30.7 Å². The van der Waals surface area contributed by atoms with Gasteiger partial charge in [0.1, 0.15) is 5.82 Å². The Balaban J connectivity index is 1.68. The molecule has 0 fully saturated rings. The van der Waals surface area contributed by atoms with Crippen molar-refractivity contribution in [2.24, 2.45) is 0 Å². The van der Waals surface area contributed by atoms with Gasteiger partial charge in [0.25, 0.3) is 11.5 Å². The summed E-state index contributed by atoms with van der Waals surface area (Å²) in [6, 6.07) is 12.8. The second kappa shape index (κ2) is 6.96. The van der Waals surface area contributed by atoms with Crippen molar-refractivity contribution in [3.05, 3.63) is 64.2 Å². The van der Waals surface area contributed by atoms with E-state index in [9.17, 15) is 9.59 Å². The molecule has 1 aromatic heterocycles. The number of carbonyl (C=O) groups excluding carboxylic acids is 1. The van der Waals surface area contributed by atoms with Gasteiger partial charge in [-0.3, -0.25) is 14.2 Å². The van der Waals surface area contributed by atoms with Crippen molar-refractivity contribution in [1.29, 1.82) is 0 Å². The van der Waals surface area contributed by atoms with E-state index in [1.165, 1.54) is 0 Å². The predicted molar refractivity (Wildman–Crippen MR) is 105 cm³/mol. The third-order valence-electron chi connectivity index (χ3n) is 4.66. The van der Waals surface area contributed by atoms with E-state index in [4.69, 9.17) is 0 Å². The van der Waals surface area contributed by atoms with Crippen LogP contribution in [0.3, 0.4) is 0 Å². The summed E-state index contributed by atoms with van der Waals surface area (Å²) in [5.74, 6) is 0.615. The number of nitrogens with zero attached hydrogens (tertiary/aromatic N) is 2. The number of rotatable bonds is 3. The molecule has 26 heavy (non-hydrogen) atoms. The summed E-state index contributed by atoms with van der Waals surface area (Å²) >= 11 is 1.62. The van der Waals surface area contributed by atoms with Crippen LogP contribution in [0.2, 0.25) is 0 Å². The van der Waals surface area contributed by atoms with Gasteiger partial charge in [0.2, 0.25) is 0 Å². The van der Waals surface area contributed by atoms with Crippen LogP contribution in [-0.2, 0) is 13.0 Å². The summed E-state index contributed by atoms with van der Waals surface area (Å²) < 4.78 is 1.76. The molecular formula is C20H19N3O2S. The molecule has 1 amide bonds. The monoisotopic (exact) mass is 365 g/mol. The fraction of sp³-hybridized carbons (Fsp3) is 0.250. The fourth-order valence-corrected chi connectivity index (χ4v) is 3.75. The van der Waals surface area contributed by atoms with E-state index in [-0.39, 0.29) is 11.5 Å². The number of amides is 1. The van der Waals surface area contributed by atoms with Gasteiger partial charge in [-0.05, 0) is 55.5 Å². The number of carbonyl (C=O) groups is 1. The van der Waals surface area contributed by atoms with Crippen LogP contribution >= 0.6 is 11.8 Å². The Hall–Kier alpha value is -2.60. The summed E-state index contributed by atoms with van der Waals surface area (Å²) in [4.78, 5) is 31.0. The molecule has 0 spiro atoms. The minimum absolute atomic E-state index is 0.00988. The molecule has 2 heterocycles. The zero-order valence-corrected chi connectivity index (χ0v) is 15.3. The number of thioether (sulfide) groups is 1. The molecule has 5 nitrogen and oxygen atoms in total. The molecule has 4 rings (SSSR count). The van der Waals surface area contributed by atoms with Gasteiger partial charge in [-0.1, -0.05) is 6.07 Å². The highest BCUT2D eigenvalue weighted by Crippen LogP contribution is 2.20. The molecule has 2 aromatic carbocycles. The Bertz CT molecular complexity index is 1060. The highest BCUT2D eigenvalue weighted by atomic mass is 32.2. The largest absolute Gasteiger partial charge is 0.322 e. The standard InChI is InChI=1S/C20H19N3O2S/c1-26-15-6-4-5-14(12-15)21-19(24)13-8-9-16-17(11-13)22-18-7-2-3-10-23(18)20(16)25/h4-6,8-9,11-12H,2-3,7,10H2,1H3,(H,21,24). The van der Waals surface area contributed by atoms with E-state index in [2.05, 4.69) is 10.3 Å². The van der Waals surface area contributed by atoms with E-state index < -0.39 is 0 Å². The Labute approximate surface area is 155 Å². The zero-order valence-electron chi connectivity index (χ0n) is 14.5. The quantitative estimate of drug-likeness (QED) is 0.719. The third-order valence-corrected chi connectivity index (χ3v) is 5.38. The first-order chi connectivity index (χ1) is 12.7. The van der Waals surface area contributed by atoms with E-state index in [1.807, 2.05) is 30.5 Å². The average Bonchev–Trinajstić information content (AvgIpc) is 2.68. The van der Waals surface area contributed by atoms with E-state index in [0.29, 0.717) is 16.5 Å². The number of fused-ring (bicyclic) bond motifs is 2. The molecule has 132 valence electrons. The highest BCUT2D eigenvalue weighted by molar-refractivity contribution is 7.98. The minimum Gasteiger partial charge on any atom is -0.322 e. The molecule has 3 aromatic rings. The molecule has 0 bridgehead atoms. The first-order valence-electron chi connectivity index (χ1n) is 8.64. The van der Waals surface area contributed by atoms with Crippen molar-refractivity contribution >= 4 is 34.3 Å². The lowest BCUT2D eigenvalue weighted by Crippen LogP contribution is -2.28. The Morgan fingerprint density at radius 1 is 1.19 bits per heavy atom. The zero-order chi connectivity index (χ0) is 18.1. The molecule has 1 N–H and O–H groups in total. The molecule has 0 saturated heterocycles. The number of aromatic nitrogens is 2. The SMILES string of the molecule is CSc1cccc(NC(=O)c2ccc3c(=O)n4c(nc3c2)CCCC4)c1. The van der Waals surface area contributed by atoms with Gasteiger partial charge in [-0.25, -0.2) is 4.98 Å². The minimum atomic E-state index is -0.204. The topological polar surface area (TPSA) is 64.0 Å². The summed E-state index contributed by atoms with van der Waals surface area (Å²) in [7, 11) is 0. The van der Waals surface area contributed by atoms with Crippen LogP contribution in [0.5, 0.6) is 0 Å². The number of benzene rings is 2. The van der Waals surface area contributed by atoms with E-state index in [1.54, 1.807) is 34.5 Å². The molecular weight excluding hydrogens is 346 g/mol. The van der Waals surface area contributed by atoms with Crippen LogP contribution in [-0.4, -0.2) is 21.7 Å². The summed E-state index contributed by atoms with van der Waals surface area (Å²) in [5.41, 5.74) is 1.83. The first kappa shape index (κ1) is 16.8. The van der Waals surface area contributed by atoms with Crippen molar-refractivity contribution < 1.29 is 4.79 Å². The van der Waals surface area contributed by atoms with Gasteiger partial charge in [0, 0.05) is 29.1 Å². The molecule has 0 atom stereocenters. The lowest BCUT2D eigenvalue weighted by Gasteiger charge is -2.17. The lowest BCUT2D eigenvalue weighted by atomic mass is 10.1. The number of anilines is 1. The third kappa shape index (κ3) is 3.12. The predicted octanol–water partition coefficient (Wildman–Crippen LogP) is 3.71. The van der Waals surface area contributed by atoms with Crippen LogP contribution in [0, 0.1) is 0 Å². The van der Waals surface area contributed by atoms with Crippen LogP contribution < -0.4 is 10.9 Å².